The number of nitro benzene ring substituents is 1. The average molecular weight is 357 g/mol. The van der Waals surface area contributed by atoms with E-state index in [1.165, 1.54) is 24.6 Å². The van der Waals surface area contributed by atoms with Crippen LogP contribution in [-0.4, -0.2) is 55.6 Å². The van der Waals surface area contributed by atoms with Crippen molar-refractivity contribution in [2.24, 2.45) is 0 Å². The number of aliphatic hydroxyl groups is 1. The Hall–Kier alpha value is -1.55. The molecule has 0 amide bonds. The number of piperidine rings is 1. The molecule has 134 valence electrons. The lowest BCUT2D eigenvalue weighted by Crippen LogP contribution is -2.42. The zero-order chi connectivity index (χ0) is 17.6. The summed E-state index contributed by atoms with van der Waals surface area (Å²) in [6.45, 7) is 2.16. The highest BCUT2D eigenvalue weighted by Crippen LogP contribution is 2.19. The summed E-state index contributed by atoms with van der Waals surface area (Å²) in [6, 6.07) is 5.74. The lowest BCUT2D eigenvalue weighted by molar-refractivity contribution is -0.385. The second kappa shape index (κ2) is 8.52. The van der Waals surface area contributed by atoms with E-state index in [9.17, 15) is 23.6 Å². The first-order valence-corrected chi connectivity index (χ1v) is 9.62. The Morgan fingerprint density at radius 1 is 1.25 bits per heavy atom. The Morgan fingerprint density at radius 3 is 2.58 bits per heavy atom. The number of β-amino-alcohol motifs (C(OH)–C–C–N with tert-alkyl or cyclic N) is 1. The monoisotopic (exact) mass is 357 g/mol. The molecule has 1 aromatic rings. The van der Waals surface area contributed by atoms with Gasteiger partial charge in [0.2, 0.25) is 10.0 Å². The van der Waals surface area contributed by atoms with Crippen LogP contribution in [0.25, 0.3) is 0 Å². The Balaban J connectivity index is 1.88. The minimum absolute atomic E-state index is 0.0978. The fourth-order valence-electron chi connectivity index (χ4n) is 2.79. The van der Waals surface area contributed by atoms with Gasteiger partial charge in [0.15, 0.2) is 0 Å². The molecule has 2 rings (SSSR count). The fraction of sp³-hybridized carbons (Fsp3) is 0.600. The summed E-state index contributed by atoms with van der Waals surface area (Å²) in [6.07, 6.45) is 2.57. The fourth-order valence-corrected chi connectivity index (χ4v) is 4.00. The van der Waals surface area contributed by atoms with Crippen LogP contribution in [0.3, 0.4) is 0 Å². The third kappa shape index (κ3) is 5.82. The highest BCUT2D eigenvalue weighted by atomic mass is 32.2. The molecular weight excluding hydrogens is 334 g/mol. The quantitative estimate of drug-likeness (QED) is 0.527. The maximum atomic E-state index is 12.1. The van der Waals surface area contributed by atoms with Gasteiger partial charge in [-0.05, 0) is 25.9 Å². The lowest BCUT2D eigenvalue weighted by atomic mass is 10.1. The third-order valence-corrected chi connectivity index (χ3v) is 5.29. The Bertz CT molecular complexity index is 659. The zero-order valence-electron chi connectivity index (χ0n) is 13.4. The number of nitrogens with zero attached hydrogens (tertiary/aromatic N) is 2. The summed E-state index contributed by atoms with van der Waals surface area (Å²) in [4.78, 5) is 12.5. The second-order valence-corrected chi connectivity index (χ2v) is 7.82. The van der Waals surface area contributed by atoms with Crippen molar-refractivity contribution in [2.75, 3.05) is 26.2 Å². The minimum atomic E-state index is -3.76. The zero-order valence-corrected chi connectivity index (χ0v) is 14.2. The van der Waals surface area contributed by atoms with Crippen molar-refractivity contribution in [3.8, 4) is 0 Å². The third-order valence-electron chi connectivity index (χ3n) is 3.99. The number of nitrogens with one attached hydrogen (secondary N) is 1. The molecule has 9 heteroatoms. The molecule has 1 saturated heterocycles. The molecule has 0 saturated carbocycles. The van der Waals surface area contributed by atoms with Gasteiger partial charge in [-0.15, -0.1) is 0 Å². The number of sulfonamides is 1. The SMILES string of the molecule is O=[N+]([O-])c1ccccc1CS(=O)(=O)NC[C@@H](O)CN1CCCCC1. The van der Waals surface area contributed by atoms with Crippen LogP contribution in [0.1, 0.15) is 24.8 Å². The van der Waals surface area contributed by atoms with Crippen LogP contribution in [-0.2, 0) is 15.8 Å². The van der Waals surface area contributed by atoms with Crippen LogP contribution in [0.2, 0.25) is 0 Å². The number of likely N-dealkylation sites (tertiary alicyclic amines) is 1. The van der Waals surface area contributed by atoms with E-state index in [4.69, 9.17) is 0 Å². The van der Waals surface area contributed by atoms with Gasteiger partial charge in [0.1, 0.15) is 0 Å². The van der Waals surface area contributed by atoms with E-state index in [1.54, 1.807) is 6.07 Å². The molecule has 1 heterocycles. The molecule has 0 aromatic heterocycles. The largest absolute Gasteiger partial charge is 0.390 e. The molecule has 2 N–H and O–H groups in total. The van der Waals surface area contributed by atoms with Gasteiger partial charge in [-0.25, -0.2) is 13.1 Å². The summed E-state index contributed by atoms with van der Waals surface area (Å²) < 4.78 is 26.6. The van der Waals surface area contributed by atoms with E-state index in [0.717, 1.165) is 25.9 Å². The van der Waals surface area contributed by atoms with E-state index >= 15 is 0 Å². The van der Waals surface area contributed by atoms with Gasteiger partial charge in [-0.2, -0.15) is 0 Å². The van der Waals surface area contributed by atoms with Crippen LogP contribution in [0.5, 0.6) is 0 Å². The van der Waals surface area contributed by atoms with E-state index in [0.29, 0.717) is 6.54 Å². The van der Waals surface area contributed by atoms with E-state index in [1.807, 2.05) is 0 Å². The first-order valence-electron chi connectivity index (χ1n) is 7.97. The molecule has 8 nitrogen and oxygen atoms in total. The van der Waals surface area contributed by atoms with Gasteiger partial charge < -0.3 is 10.0 Å². The predicted molar refractivity (Wildman–Crippen MR) is 90.0 cm³/mol. The van der Waals surface area contributed by atoms with Crippen LogP contribution in [0.15, 0.2) is 24.3 Å². The summed E-state index contributed by atoms with van der Waals surface area (Å²) in [5.41, 5.74) is -0.0998. The van der Waals surface area contributed by atoms with Crippen LogP contribution < -0.4 is 4.72 Å². The normalized spacial score (nSPS) is 17.5. The number of aliphatic hydroxyl groups excluding tert-OH is 1. The van der Waals surface area contributed by atoms with Crippen LogP contribution in [0, 0.1) is 10.1 Å². The van der Waals surface area contributed by atoms with Gasteiger partial charge in [0.05, 0.1) is 16.8 Å². The molecule has 0 spiro atoms. The van der Waals surface area contributed by atoms with E-state index in [2.05, 4.69) is 9.62 Å². The molecule has 1 aliphatic rings. The standard InChI is InChI=1S/C15H23N3O5S/c19-14(11-17-8-4-1-5-9-17)10-16-24(22,23)12-13-6-2-3-7-15(13)18(20)21/h2-3,6-7,14,16,19H,1,4-5,8-12H2/t14-/m1/s1. The molecule has 1 fully saturated rings. The average Bonchev–Trinajstić information content (AvgIpc) is 2.54. The van der Waals surface area contributed by atoms with Crippen LogP contribution in [0.4, 0.5) is 5.69 Å². The van der Waals surface area contributed by atoms with Gasteiger partial charge >= 0.3 is 0 Å². The number of rotatable bonds is 8. The number of hydrogen-bond donors (Lipinski definition) is 2. The predicted octanol–water partition coefficient (Wildman–Crippen LogP) is 0.861. The maximum absolute atomic E-state index is 12.1. The van der Waals surface area contributed by atoms with Gasteiger partial charge in [0.25, 0.3) is 5.69 Å². The minimum Gasteiger partial charge on any atom is -0.390 e. The van der Waals surface area contributed by atoms with Crippen molar-refractivity contribution in [2.45, 2.75) is 31.1 Å². The molecule has 0 aliphatic carbocycles. The van der Waals surface area contributed by atoms with Crippen molar-refractivity contribution in [1.82, 2.24) is 9.62 Å². The first-order chi connectivity index (χ1) is 11.4. The summed E-state index contributed by atoms with van der Waals surface area (Å²) >= 11 is 0. The lowest BCUT2D eigenvalue weighted by Gasteiger charge is -2.28. The number of para-hydroxylation sites is 1. The van der Waals surface area contributed by atoms with Crippen LogP contribution >= 0.6 is 0 Å². The molecule has 1 aromatic carbocycles. The number of benzene rings is 1. The van der Waals surface area contributed by atoms with Gasteiger partial charge in [-0.1, -0.05) is 24.6 Å². The van der Waals surface area contributed by atoms with Gasteiger partial charge in [-0.3, -0.25) is 10.1 Å². The topological polar surface area (TPSA) is 113 Å². The highest BCUT2D eigenvalue weighted by molar-refractivity contribution is 7.88. The Labute approximate surface area is 141 Å². The van der Waals surface area contributed by atoms with E-state index in [-0.39, 0.29) is 17.8 Å². The molecule has 0 radical (unpaired) electrons. The highest BCUT2D eigenvalue weighted by Gasteiger charge is 2.21. The molecular formula is C15H23N3O5S. The van der Waals surface area contributed by atoms with Crippen molar-refractivity contribution >= 4 is 15.7 Å². The van der Waals surface area contributed by atoms with Crippen molar-refractivity contribution < 1.29 is 18.4 Å². The molecule has 24 heavy (non-hydrogen) atoms. The first kappa shape index (κ1) is 18.8. The molecule has 0 unspecified atom stereocenters. The van der Waals surface area contributed by atoms with Gasteiger partial charge in [0, 0.05) is 24.7 Å². The Kier molecular flexibility index (Phi) is 6.67. The molecule has 0 bridgehead atoms. The van der Waals surface area contributed by atoms with Crippen molar-refractivity contribution in [3.05, 3.63) is 39.9 Å². The maximum Gasteiger partial charge on any atom is 0.273 e. The Morgan fingerprint density at radius 2 is 1.92 bits per heavy atom. The summed E-state index contributed by atoms with van der Waals surface area (Å²) in [5, 5.41) is 20.9. The summed E-state index contributed by atoms with van der Waals surface area (Å²) in [7, 11) is -3.76. The molecule has 1 aliphatic heterocycles. The number of hydrogen-bond acceptors (Lipinski definition) is 6. The van der Waals surface area contributed by atoms with Crippen molar-refractivity contribution in [3.63, 3.8) is 0 Å². The van der Waals surface area contributed by atoms with Crippen molar-refractivity contribution in [1.29, 1.82) is 0 Å². The smallest absolute Gasteiger partial charge is 0.273 e. The number of nitro groups is 1. The summed E-state index contributed by atoms with van der Waals surface area (Å²) in [5.74, 6) is -0.486. The van der Waals surface area contributed by atoms with E-state index < -0.39 is 26.8 Å². The second-order valence-electron chi connectivity index (χ2n) is 6.01. The molecule has 1 atom stereocenters.